The first-order valence-corrected chi connectivity index (χ1v) is 10.8. The predicted octanol–water partition coefficient (Wildman–Crippen LogP) is 3.77. The van der Waals surface area contributed by atoms with Crippen LogP contribution >= 0.6 is 28.1 Å². The van der Waals surface area contributed by atoms with Crippen molar-refractivity contribution >= 4 is 34.1 Å². The third-order valence-electron chi connectivity index (χ3n) is 5.83. The van der Waals surface area contributed by atoms with E-state index in [-0.39, 0.29) is 34.3 Å². The average molecular weight is 486 g/mol. The molecule has 0 unspecified atom stereocenters. The Morgan fingerprint density at radius 1 is 1.34 bits per heavy atom. The third kappa shape index (κ3) is 3.92. The second-order valence-corrected chi connectivity index (χ2v) is 8.85. The zero-order valence-corrected chi connectivity index (χ0v) is 18.4. The Kier molecular flexibility index (Phi) is 5.90. The van der Waals surface area contributed by atoms with Crippen molar-refractivity contribution in [2.45, 2.75) is 44.2 Å². The highest BCUT2D eigenvalue weighted by Gasteiger charge is 2.33. The first kappa shape index (κ1) is 20.7. The van der Waals surface area contributed by atoms with Crippen LogP contribution in [0.25, 0.3) is 0 Å². The van der Waals surface area contributed by atoms with Gasteiger partial charge in [0.2, 0.25) is 5.91 Å². The molecule has 1 aromatic heterocycles. The number of carbonyl (C=O) groups is 1. The van der Waals surface area contributed by atoms with E-state index in [1.165, 1.54) is 12.1 Å². The van der Waals surface area contributed by atoms with Crippen molar-refractivity contribution in [1.29, 1.82) is 0 Å². The number of carbonyl (C=O) groups excluding carboxylic acids is 1. The van der Waals surface area contributed by atoms with Gasteiger partial charge in [-0.1, -0.05) is 0 Å². The van der Waals surface area contributed by atoms with Crippen LogP contribution in [0.1, 0.15) is 35.7 Å². The molecule has 0 radical (unpaired) electrons. The maximum Gasteiger partial charge on any atom is 0.226 e. The lowest BCUT2D eigenvalue weighted by atomic mass is 9.95. The smallest absolute Gasteiger partial charge is 0.226 e. The molecule has 3 heterocycles. The van der Waals surface area contributed by atoms with Crippen LogP contribution < -0.4 is 5.32 Å². The summed E-state index contributed by atoms with van der Waals surface area (Å²) in [5.74, 6) is -1.56. The molecule has 156 valence electrons. The van der Waals surface area contributed by atoms with Gasteiger partial charge in [-0.05, 0) is 59.5 Å². The van der Waals surface area contributed by atoms with Gasteiger partial charge in [0.25, 0.3) is 0 Å². The topological polar surface area (TPSA) is 48.2 Å². The SMILES string of the molecule is Cn1c(CC(=O)NC2CCOCC2)c2n(c1=S)C[C@H](c1c(F)ccc(Br)c1F)C2. The minimum Gasteiger partial charge on any atom is -0.381 e. The van der Waals surface area contributed by atoms with E-state index in [2.05, 4.69) is 21.2 Å². The van der Waals surface area contributed by atoms with E-state index in [0.717, 1.165) is 24.2 Å². The van der Waals surface area contributed by atoms with Crippen LogP contribution in [0.4, 0.5) is 8.78 Å². The summed E-state index contributed by atoms with van der Waals surface area (Å²) >= 11 is 8.67. The summed E-state index contributed by atoms with van der Waals surface area (Å²) in [6, 6.07) is 2.76. The fraction of sp³-hybridized carbons (Fsp3) is 0.500. The van der Waals surface area contributed by atoms with Crippen molar-refractivity contribution in [2.75, 3.05) is 13.2 Å². The van der Waals surface area contributed by atoms with Crippen LogP contribution in [0.2, 0.25) is 0 Å². The van der Waals surface area contributed by atoms with Crippen molar-refractivity contribution in [2.24, 2.45) is 7.05 Å². The number of amides is 1. The molecule has 1 fully saturated rings. The van der Waals surface area contributed by atoms with Gasteiger partial charge in [0.05, 0.1) is 10.9 Å². The molecule has 1 aromatic carbocycles. The van der Waals surface area contributed by atoms with Gasteiger partial charge in [0.1, 0.15) is 11.6 Å². The zero-order valence-electron chi connectivity index (χ0n) is 16.0. The third-order valence-corrected chi connectivity index (χ3v) is 6.93. The van der Waals surface area contributed by atoms with Crippen molar-refractivity contribution in [3.8, 4) is 0 Å². The van der Waals surface area contributed by atoms with E-state index in [9.17, 15) is 13.6 Å². The number of rotatable bonds is 4. The Balaban J connectivity index is 1.57. The van der Waals surface area contributed by atoms with Crippen LogP contribution in [0.3, 0.4) is 0 Å². The highest BCUT2D eigenvalue weighted by atomic mass is 79.9. The Morgan fingerprint density at radius 2 is 2.07 bits per heavy atom. The Bertz CT molecular complexity index is 1010. The fourth-order valence-corrected chi connectivity index (χ4v) is 4.94. The maximum absolute atomic E-state index is 14.6. The number of halogens is 3. The molecule has 9 heteroatoms. The summed E-state index contributed by atoms with van der Waals surface area (Å²) in [6.45, 7) is 1.71. The van der Waals surface area contributed by atoms with Crippen molar-refractivity contribution in [3.63, 3.8) is 0 Å². The molecule has 29 heavy (non-hydrogen) atoms. The zero-order chi connectivity index (χ0) is 20.7. The standard InChI is InChI=1S/C20H22BrF2N3O2S/c1-25-15(9-17(27)24-12-4-6-28-7-5-12)16-8-11(10-26(16)20(25)29)18-14(22)3-2-13(21)19(18)23/h2-3,11-12H,4-10H2,1H3,(H,24,27)/t11-/m1/s1. The average Bonchev–Trinajstić information content (AvgIpc) is 3.21. The largest absolute Gasteiger partial charge is 0.381 e. The maximum atomic E-state index is 14.6. The molecule has 5 nitrogen and oxygen atoms in total. The molecule has 1 saturated heterocycles. The number of aromatic nitrogens is 2. The molecular formula is C20H22BrF2N3O2S. The molecule has 0 bridgehead atoms. The highest BCUT2D eigenvalue weighted by molar-refractivity contribution is 9.10. The lowest BCUT2D eigenvalue weighted by molar-refractivity contribution is -0.121. The molecule has 2 aliphatic rings. The quantitative estimate of drug-likeness (QED) is 0.529. The second kappa shape index (κ2) is 8.28. The normalized spacial score (nSPS) is 19.4. The molecule has 4 rings (SSSR count). The molecule has 2 aliphatic heterocycles. The Hall–Kier alpha value is -1.58. The number of ether oxygens (including phenoxy) is 1. The summed E-state index contributed by atoms with van der Waals surface area (Å²) in [7, 11) is 1.83. The van der Waals surface area contributed by atoms with Crippen LogP contribution in [-0.4, -0.2) is 34.3 Å². The first-order valence-electron chi connectivity index (χ1n) is 9.64. The van der Waals surface area contributed by atoms with E-state index in [1.54, 1.807) is 0 Å². The number of benzene rings is 1. The van der Waals surface area contributed by atoms with E-state index < -0.39 is 11.6 Å². The Morgan fingerprint density at radius 3 is 2.79 bits per heavy atom. The van der Waals surface area contributed by atoms with Crippen molar-refractivity contribution < 1.29 is 18.3 Å². The summed E-state index contributed by atoms with van der Waals surface area (Å²) < 4.78 is 38.8. The van der Waals surface area contributed by atoms with Gasteiger partial charge in [0, 0.05) is 55.7 Å². The highest BCUT2D eigenvalue weighted by Crippen LogP contribution is 2.37. The molecule has 1 atom stereocenters. The number of fused-ring (bicyclic) bond motifs is 1. The van der Waals surface area contributed by atoms with E-state index in [4.69, 9.17) is 17.0 Å². The van der Waals surface area contributed by atoms with Gasteiger partial charge >= 0.3 is 0 Å². The number of imidazole rings is 1. The van der Waals surface area contributed by atoms with E-state index in [0.29, 0.717) is 31.0 Å². The van der Waals surface area contributed by atoms with Crippen LogP contribution in [-0.2, 0) is 36.0 Å². The lowest BCUT2D eigenvalue weighted by Crippen LogP contribution is -2.40. The minimum atomic E-state index is -0.574. The van der Waals surface area contributed by atoms with Gasteiger partial charge in [-0.2, -0.15) is 0 Å². The van der Waals surface area contributed by atoms with Gasteiger partial charge in [-0.3, -0.25) is 4.79 Å². The van der Waals surface area contributed by atoms with Crippen LogP contribution in [0.15, 0.2) is 16.6 Å². The molecule has 0 saturated carbocycles. The summed E-state index contributed by atoms with van der Waals surface area (Å²) in [5, 5.41) is 3.06. The molecule has 0 spiro atoms. The number of nitrogens with one attached hydrogen (secondary N) is 1. The molecular weight excluding hydrogens is 464 g/mol. The summed E-state index contributed by atoms with van der Waals surface area (Å²) in [4.78, 5) is 12.6. The van der Waals surface area contributed by atoms with Gasteiger partial charge in [0.15, 0.2) is 4.77 Å². The van der Waals surface area contributed by atoms with Crippen molar-refractivity contribution in [3.05, 3.63) is 50.0 Å². The van der Waals surface area contributed by atoms with Gasteiger partial charge in [-0.15, -0.1) is 0 Å². The molecule has 1 N–H and O–H groups in total. The molecule has 0 aliphatic carbocycles. The van der Waals surface area contributed by atoms with Crippen molar-refractivity contribution in [1.82, 2.24) is 14.5 Å². The fourth-order valence-electron chi connectivity index (χ4n) is 4.30. The molecule has 1 amide bonds. The molecule has 2 aromatic rings. The van der Waals surface area contributed by atoms with E-state index in [1.807, 2.05) is 16.2 Å². The summed E-state index contributed by atoms with van der Waals surface area (Å²) in [6.07, 6.45) is 2.24. The predicted molar refractivity (Wildman–Crippen MR) is 110 cm³/mol. The second-order valence-electron chi connectivity index (χ2n) is 7.63. The number of hydrogen-bond donors (Lipinski definition) is 1. The van der Waals surface area contributed by atoms with Crippen LogP contribution in [0, 0.1) is 16.4 Å². The van der Waals surface area contributed by atoms with Gasteiger partial charge < -0.3 is 19.2 Å². The monoisotopic (exact) mass is 485 g/mol. The minimum absolute atomic E-state index is 0.0673. The van der Waals surface area contributed by atoms with E-state index >= 15 is 0 Å². The first-order chi connectivity index (χ1) is 13.9. The lowest BCUT2D eigenvalue weighted by Gasteiger charge is -2.23. The number of hydrogen-bond acceptors (Lipinski definition) is 3. The van der Waals surface area contributed by atoms with Crippen LogP contribution in [0.5, 0.6) is 0 Å². The summed E-state index contributed by atoms with van der Waals surface area (Å²) in [5.41, 5.74) is 1.75. The number of nitrogens with zero attached hydrogens (tertiary/aromatic N) is 2. The van der Waals surface area contributed by atoms with Gasteiger partial charge in [-0.25, -0.2) is 8.78 Å². The Labute approximate surface area is 181 Å².